The van der Waals surface area contributed by atoms with Crippen LogP contribution in [0.25, 0.3) is 0 Å². The fourth-order valence-electron chi connectivity index (χ4n) is 2.72. The molecule has 25 heavy (non-hydrogen) atoms. The molecule has 130 valence electrons. The van der Waals surface area contributed by atoms with Gasteiger partial charge in [-0.15, -0.1) is 0 Å². The molecular weight excluding hydrogens is 321 g/mol. The summed E-state index contributed by atoms with van der Waals surface area (Å²) in [7, 11) is 3.59. The number of nitrogens with one attached hydrogen (secondary N) is 1. The number of benzene rings is 1. The van der Waals surface area contributed by atoms with Crippen molar-refractivity contribution in [2.24, 2.45) is 14.1 Å². The Morgan fingerprint density at radius 3 is 2.56 bits per heavy atom. The summed E-state index contributed by atoms with van der Waals surface area (Å²) >= 11 is 0. The third-order valence-corrected chi connectivity index (χ3v) is 4.12. The number of hydrogen-bond donors (Lipinski definition) is 1. The number of carbonyl (C=O) groups is 1. The third-order valence-electron chi connectivity index (χ3n) is 4.12. The van der Waals surface area contributed by atoms with E-state index in [4.69, 9.17) is 0 Å². The Balaban J connectivity index is 1.95. The Kier molecular flexibility index (Phi) is 4.65. The van der Waals surface area contributed by atoms with Gasteiger partial charge in [-0.3, -0.25) is 9.48 Å². The van der Waals surface area contributed by atoms with Crippen molar-refractivity contribution in [1.82, 2.24) is 24.6 Å². The van der Waals surface area contributed by atoms with E-state index >= 15 is 0 Å². The van der Waals surface area contributed by atoms with E-state index in [1.807, 2.05) is 18.5 Å². The van der Waals surface area contributed by atoms with Gasteiger partial charge in [-0.2, -0.15) is 5.10 Å². The number of aryl methyl sites for hydroxylation is 3. The first-order valence-electron chi connectivity index (χ1n) is 8.06. The molecule has 0 saturated heterocycles. The van der Waals surface area contributed by atoms with Gasteiger partial charge in [0.15, 0.2) is 0 Å². The van der Waals surface area contributed by atoms with Crippen LogP contribution >= 0.6 is 0 Å². The average Bonchev–Trinajstić information content (AvgIpc) is 3.19. The number of amides is 1. The van der Waals surface area contributed by atoms with Gasteiger partial charge in [-0.1, -0.05) is 19.1 Å². The molecule has 0 aliphatic carbocycles. The zero-order valence-corrected chi connectivity index (χ0v) is 14.4. The van der Waals surface area contributed by atoms with Crippen LogP contribution < -0.4 is 5.32 Å². The van der Waals surface area contributed by atoms with Gasteiger partial charge in [0.05, 0.1) is 5.69 Å². The second-order valence-electron chi connectivity index (χ2n) is 5.85. The Morgan fingerprint density at radius 1 is 1.28 bits per heavy atom. The summed E-state index contributed by atoms with van der Waals surface area (Å²) in [6.07, 6.45) is 4.22. The molecule has 0 aliphatic rings. The molecule has 0 bridgehead atoms. The minimum absolute atomic E-state index is 0.257. The zero-order chi connectivity index (χ0) is 18.0. The Bertz CT molecular complexity index is 881. The number of carbonyl (C=O) groups excluding carboxylic acids is 1. The molecule has 6 nitrogen and oxygen atoms in total. The molecule has 3 rings (SSSR count). The van der Waals surface area contributed by atoms with Gasteiger partial charge in [0.25, 0.3) is 5.91 Å². The van der Waals surface area contributed by atoms with E-state index in [9.17, 15) is 9.18 Å². The van der Waals surface area contributed by atoms with E-state index in [0.717, 1.165) is 17.7 Å². The maximum atomic E-state index is 13.3. The highest BCUT2D eigenvalue weighted by Crippen LogP contribution is 2.21. The first kappa shape index (κ1) is 16.9. The standard InChI is InChI=1S/C18H20FN5O/c1-4-14-11-15(24(3)22-14)18(25)21-16(17-20-9-10-23(17)2)12-5-7-13(19)8-6-12/h5-11,16H,4H2,1-3H3,(H,21,25)/t16-/m1/s1. The quantitative estimate of drug-likeness (QED) is 0.775. The lowest BCUT2D eigenvalue weighted by molar-refractivity contribution is 0.0931. The molecule has 0 unspecified atom stereocenters. The topological polar surface area (TPSA) is 64.7 Å². The molecule has 1 atom stereocenters. The fourth-order valence-corrected chi connectivity index (χ4v) is 2.72. The largest absolute Gasteiger partial charge is 0.337 e. The summed E-state index contributed by atoms with van der Waals surface area (Å²) in [5, 5.41) is 7.29. The van der Waals surface area contributed by atoms with Gasteiger partial charge in [0, 0.05) is 26.5 Å². The van der Waals surface area contributed by atoms with Gasteiger partial charge in [-0.25, -0.2) is 9.37 Å². The average molecular weight is 341 g/mol. The molecule has 0 radical (unpaired) electrons. The van der Waals surface area contributed by atoms with E-state index in [1.165, 1.54) is 12.1 Å². The van der Waals surface area contributed by atoms with Gasteiger partial charge >= 0.3 is 0 Å². The molecule has 0 saturated carbocycles. The third kappa shape index (κ3) is 3.45. The lowest BCUT2D eigenvalue weighted by Gasteiger charge is -2.19. The molecule has 3 aromatic rings. The van der Waals surface area contributed by atoms with Crippen molar-refractivity contribution in [3.05, 3.63) is 71.3 Å². The van der Waals surface area contributed by atoms with Crippen LogP contribution in [-0.4, -0.2) is 25.2 Å². The van der Waals surface area contributed by atoms with Crippen molar-refractivity contribution in [3.63, 3.8) is 0 Å². The molecule has 0 aliphatic heterocycles. The van der Waals surface area contributed by atoms with Gasteiger partial charge in [0.1, 0.15) is 23.4 Å². The van der Waals surface area contributed by atoms with Crippen molar-refractivity contribution in [2.45, 2.75) is 19.4 Å². The van der Waals surface area contributed by atoms with E-state index in [-0.39, 0.29) is 11.7 Å². The predicted molar refractivity (Wildman–Crippen MR) is 91.5 cm³/mol. The number of nitrogens with zero attached hydrogens (tertiary/aromatic N) is 4. The molecule has 0 spiro atoms. The summed E-state index contributed by atoms with van der Waals surface area (Å²) < 4.78 is 16.7. The highest BCUT2D eigenvalue weighted by atomic mass is 19.1. The van der Waals surface area contributed by atoms with Gasteiger partial charge < -0.3 is 9.88 Å². The van der Waals surface area contributed by atoms with E-state index in [1.54, 1.807) is 42.3 Å². The summed E-state index contributed by atoms with van der Waals surface area (Å²) in [5.41, 5.74) is 2.07. The van der Waals surface area contributed by atoms with Crippen LogP contribution in [0.3, 0.4) is 0 Å². The summed E-state index contributed by atoms with van der Waals surface area (Å²) in [5.74, 6) is 0.0813. The second kappa shape index (κ2) is 6.88. The molecule has 1 N–H and O–H groups in total. The van der Waals surface area contributed by atoms with E-state index in [0.29, 0.717) is 11.5 Å². The SMILES string of the molecule is CCc1cc(C(=O)N[C@H](c2ccc(F)cc2)c2nccn2C)n(C)n1. The van der Waals surface area contributed by atoms with Gasteiger partial charge in [-0.05, 0) is 30.2 Å². The smallest absolute Gasteiger partial charge is 0.270 e. The monoisotopic (exact) mass is 341 g/mol. The van der Waals surface area contributed by atoms with Crippen LogP contribution in [0.5, 0.6) is 0 Å². The number of aromatic nitrogens is 4. The van der Waals surface area contributed by atoms with Gasteiger partial charge in [0.2, 0.25) is 0 Å². The molecule has 1 amide bonds. The van der Waals surface area contributed by atoms with E-state index < -0.39 is 6.04 Å². The first-order chi connectivity index (χ1) is 12.0. The van der Waals surface area contributed by atoms with Crippen molar-refractivity contribution in [1.29, 1.82) is 0 Å². The summed E-state index contributed by atoms with van der Waals surface area (Å²) in [4.78, 5) is 17.1. The molecular formula is C18H20FN5O. The Morgan fingerprint density at radius 2 is 2.00 bits per heavy atom. The minimum atomic E-state index is -0.493. The predicted octanol–water partition coefficient (Wildman–Crippen LogP) is 2.37. The fraction of sp³-hybridized carbons (Fsp3) is 0.278. The maximum absolute atomic E-state index is 13.3. The molecule has 0 fully saturated rings. The lowest BCUT2D eigenvalue weighted by atomic mass is 10.1. The maximum Gasteiger partial charge on any atom is 0.270 e. The number of rotatable bonds is 5. The Labute approximate surface area is 145 Å². The molecule has 1 aromatic carbocycles. The van der Waals surface area contributed by atoms with Crippen LogP contribution in [0.2, 0.25) is 0 Å². The Hall–Kier alpha value is -2.96. The van der Waals surface area contributed by atoms with Crippen LogP contribution in [0.4, 0.5) is 4.39 Å². The number of imidazole rings is 1. The number of halogens is 1. The second-order valence-corrected chi connectivity index (χ2v) is 5.85. The first-order valence-corrected chi connectivity index (χ1v) is 8.06. The van der Waals surface area contributed by atoms with Crippen LogP contribution in [-0.2, 0) is 20.5 Å². The van der Waals surface area contributed by atoms with Crippen molar-refractivity contribution in [2.75, 3.05) is 0 Å². The number of hydrogen-bond acceptors (Lipinski definition) is 3. The summed E-state index contributed by atoms with van der Waals surface area (Å²) in [6, 6.07) is 7.32. The minimum Gasteiger partial charge on any atom is -0.337 e. The van der Waals surface area contributed by atoms with Crippen molar-refractivity contribution < 1.29 is 9.18 Å². The molecule has 2 heterocycles. The van der Waals surface area contributed by atoms with E-state index in [2.05, 4.69) is 15.4 Å². The van der Waals surface area contributed by atoms with Crippen molar-refractivity contribution in [3.8, 4) is 0 Å². The summed E-state index contributed by atoms with van der Waals surface area (Å²) in [6.45, 7) is 1.99. The molecule has 7 heteroatoms. The highest BCUT2D eigenvalue weighted by Gasteiger charge is 2.23. The van der Waals surface area contributed by atoms with Crippen LogP contribution in [0.1, 0.15) is 40.5 Å². The van der Waals surface area contributed by atoms with Crippen molar-refractivity contribution >= 4 is 5.91 Å². The molecule has 2 aromatic heterocycles. The normalized spacial score (nSPS) is 12.2. The highest BCUT2D eigenvalue weighted by molar-refractivity contribution is 5.93. The lowest BCUT2D eigenvalue weighted by Crippen LogP contribution is -2.32. The van der Waals surface area contributed by atoms with Crippen LogP contribution in [0, 0.1) is 5.82 Å². The van der Waals surface area contributed by atoms with Crippen LogP contribution in [0.15, 0.2) is 42.7 Å². The zero-order valence-electron chi connectivity index (χ0n) is 14.4.